The second kappa shape index (κ2) is 6.86. The lowest BCUT2D eigenvalue weighted by Gasteiger charge is -2.29. The van der Waals surface area contributed by atoms with Crippen LogP contribution < -0.4 is 5.73 Å². The molecule has 0 aliphatic carbocycles. The molecule has 1 fully saturated rings. The second-order valence-corrected chi connectivity index (χ2v) is 4.69. The van der Waals surface area contributed by atoms with E-state index < -0.39 is 6.04 Å². The zero-order valence-corrected chi connectivity index (χ0v) is 10.4. The van der Waals surface area contributed by atoms with E-state index >= 15 is 0 Å². The summed E-state index contributed by atoms with van der Waals surface area (Å²) in [5, 5.41) is 0. The van der Waals surface area contributed by atoms with Gasteiger partial charge in [0.25, 0.3) is 0 Å². The van der Waals surface area contributed by atoms with Crippen molar-refractivity contribution in [2.75, 3.05) is 20.1 Å². The van der Waals surface area contributed by atoms with Gasteiger partial charge in [0.2, 0.25) is 0 Å². The Hall–Kier alpha value is -0.610. The van der Waals surface area contributed by atoms with Gasteiger partial charge in [0.1, 0.15) is 12.1 Å². The first-order valence-electron chi connectivity index (χ1n) is 6.28. The number of piperidine rings is 1. The smallest absolute Gasteiger partial charge is 0.323 e. The average Bonchev–Trinajstić information content (AvgIpc) is 2.29. The standard InChI is InChI=1S/C12H24N2O2/c1-3-4-5-11(13)12(15)16-10-6-8-14(2)9-7-10/h10-11H,3-9,13H2,1-2H3. The van der Waals surface area contributed by atoms with Crippen LogP contribution in [0.5, 0.6) is 0 Å². The van der Waals surface area contributed by atoms with Crippen LogP contribution in [0.2, 0.25) is 0 Å². The van der Waals surface area contributed by atoms with Crippen molar-refractivity contribution in [1.29, 1.82) is 0 Å². The maximum atomic E-state index is 11.6. The van der Waals surface area contributed by atoms with Crippen LogP contribution in [0.25, 0.3) is 0 Å². The number of nitrogens with two attached hydrogens (primary N) is 1. The van der Waals surface area contributed by atoms with Gasteiger partial charge in [-0.05, 0) is 26.3 Å². The van der Waals surface area contributed by atoms with Gasteiger partial charge in [-0.3, -0.25) is 4.79 Å². The summed E-state index contributed by atoms with van der Waals surface area (Å²) >= 11 is 0. The molecule has 0 aromatic carbocycles. The van der Waals surface area contributed by atoms with E-state index in [1.54, 1.807) is 0 Å². The molecule has 0 aromatic rings. The largest absolute Gasteiger partial charge is 0.461 e. The highest BCUT2D eigenvalue weighted by molar-refractivity contribution is 5.75. The second-order valence-electron chi connectivity index (χ2n) is 4.69. The number of unbranched alkanes of at least 4 members (excludes halogenated alkanes) is 1. The summed E-state index contributed by atoms with van der Waals surface area (Å²) in [6.07, 6.45) is 4.74. The van der Waals surface area contributed by atoms with Gasteiger partial charge < -0.3 is 15.4 Å². The lowest BCUT2D eigenvalue weighted by atomic mass is 10.1. The van der Waals surface area contributed by atoms with E-state index in [0.717, 1.165) is 45.2 Å². The van der Waals surface area contributed by atoms with Crippen LogP contribution in [0, 0.1) is 0 Å². The molecule has 0 radical (unpaired) electrons. The lowest BCUT2D eigenvalue weighted by molar-refractivity contribution is -0.152. The summed E-state index contributed by atoms with van der Waals surface area (Å²) in [6, 6.07) is -0.431. The summed E-state index contributed by atoms with van der Waals surface area (Å²) in [6.45, 7) is 4.10. The molecule has 0 aromatic heterocycles. The predicted molar refractivity (Wildman–Crippen MR) is 64.1 cm³/mol. The van der Waals surface area contributed by atoms with Crippen molar-refractivity contribution in [3.63, 3.8) is 0 Å². The Bertz CT molecular complexity index is 213. The number of carbonyl (C=O) groups excluding carboxylic acids is 1. The lowest BCUT2D eigenvalue weighted by Crippen LogP contribution is -2.39. The predicted octanol–water partition coefficient (Wildman–Crippen LogP) is 1.14. The Morgan fingerprint density at radius 2 is 2.12 bits per heavy atom. The van der Waals surface area contributed by atoms with E-state index in [9.17, 15) is 4.79 Å². The SMILES string of the molecule is CCCCC(N)C(=O)OC1CCN(C)CC1. The van der Waals surface area contributed by atoms with E-state index in [0.29, 0.717) is 0 Å². The highest BCUT2D eigenvalue weighted by Gasteiger charge is 2.23. The summed E-state index contributed by atoms with van der Waals surface area (Å²) in [5.74, 6) is -0.219. The number of ether oxygens (including phenoxy) is 1. The molecule has 1 heterocycles. The van der Waals surface area contributed by atoms with Crippen molar-refractivity contribution in [1.82, 2.24) is 4.90 Å². The molecule has 0 bridgehead atoms. The fourth-order valence-corrected chi connectivity index (χ4v) is 1.90. The van der Waals surface area contributed by atoms with Crippen molar-refractivity contribution in [3.8, 4) is 0 Å². The van der Waals surface area contributed by atoms with Crippen LogP contribution in [0.3, 0.4) is 0 Å². The molecule has 16 heavy (non-hydrogen) atoms. The summed E-state index contributed by atoms with van der Waals surface area (Å²) < 4.78 is 5.41. The molecule has 94 valence electrons. The topological polar surface area (TPSA) is 55.6 Å². The van der Waals surface area contributed by atoms with Crippen LogP contribution in [-0.2, 0) is 9.53 Å². The molecular weight excluding hydrogens is 204 g/mol. The van der Waals surface area contributed by atoms with Gasteiger partial charge in [0.05, 0.1) is 0 Å². The molecular formula is C12H24N2O2. The molecule has 1 unspecified atom stereocenters. The number of likely N-dealkylation sites (tertiary alicyclic amines) is 1. The Kier molecular flexibility index (Phi) is 5.77. The highest BCUT2D eigenvalue weighted by Crippen LogP contribution is 2.13. The first kappa shape index (κ1) is 13.5. The summed E-state index contributed by atoms with van der Waals surface area (Å²) in [7, 11) is 2.09. The monoisotopic (exact) mass is 228 g/mol. The molecule has 1 rings (SSSR count). The number of hydrogen-bond donors (Lipinski definition) is 1. The molecule has 2 N–H and O–H groups in total. The number of hydrogen-bond acceptors (Lipinski definition) is 4. The van der Waals surface area contributed by atoms with Crippen LogP contribution in [-0.4, -0.2) is 43.2 Å². The quantitative estimate of drug-likeness (QED) is 0.717. The number of esters is 1. The number of rotatable bonds is 5. The van der Waals surface area contributed by atoms with Crippen molar-refractivity contribution in [2.24, 2.45) is 5.73 Å². The molecule has 1 aliphatic heterocycles. The van der Waals surface area contributed by atoms with Gasteiger partial charge >= 0.3 is 5.97 Å². The number of nitrogens with zero attached hydrogens (tertiary/aromatic N) is 1. The zero-order chi connectivity index (χ0) is 12.0. The Morgan fingerprint density at radius 1 is 1.50 bits per heavy atom. The first-order chi connectivity index (χ1) is 7.63. The van der Waals surface area contributed by atoms with E-state index in [1.807, 2.05) is 0 Å². The minimum Gasteiger partial charge on any atom is -0.461 e. The van der Waals surface area contributed by atoms with Crippen LogP contribution in [0.15, 0.2) is 0 Å². The normalized spacial score (nSPS) is 20.7. The van der Waals surface area contributed by atoms with Gasteiger partial charge in [-0.25, -0.2) is 0 Å². The third-order valence-corrected chi connectivity index (χ3v) is 3.12. The molecule has 4 heteroatoms. The van der Waals surface area contributed by atoms with Crippen LogP contribution in [0.4, 0.5) is 0 Å². The molecule has 0 amide bonds. The first-order valence-corrected chi connectivity index (χ1v) is 6.28. The van der Waals surface area contributed by atoms with Crippen LogP contribution >= 0.6 is 0 Å². The number of carbonyl (C=O) groups is 1. The van der Waals surface area contributed by atoms with Crippen molar-refractivity contribution in [3.05, 3.63) is 0 Å². The minimum atomic E-state index is -0.431. The maximum Gasteiger partial charge on any atom is 0.323 e. The molecule has 0 spiro atoms. The fraction of sp³-hybridized carbons (Fsp3) is 0.917. The maximum absolute atomic E-state index is 11.6. The average molecular weight is 228 g/mol. The van der Waals surface area contributed by atoms with Gasteiger partial charge in [-0.15, -0.1) is 0 Å². The third kappa shape index (κ3) is 4.49. The Balaban J connectivity index is 2.22. The molecule has 1 aliphatic rings. The van der Waals surface area contributed by atoms with E-state index in [-0.39, 0.29) is 12.1 Å². The summed E-state index contributed by atoms with van der Waals surface area (Å²) in [5.41, 5.74) is 5.76. The van der Waals surface area contributed by atoms with Gasteiger partial charge in [0, 0.05) is 13.1 Å². The van der Waals surface area contributed by atoms with Crippen molar-refractivity contribution >= 4 is 5.97 Å². The highest BCUT2D eigenvalue weighted by atomic mass is 16.5. The summed E-state index contributed by atoms with van der Waals surface area (Å²) in [4.78, 5) is 13.9. The molecule has 1 atom stereocenters. The van der Waals surface area contributed by atoms with Gasteiger partial charge in [0.15, 0.2) is 0 Å². The Morgan fingerprint density at radius 3 is 2.69 bits per heavy atom. The zero-order valence-electron chi connectivity index (χ0n) is 10.4. The third-order valence-electron chi connectivity index (χ3n) is 3.12. The van der Waals surface area contributed by atoms with Gasteiger partial charge in [-0.1, -0.05) is 19.8 Å². The van der Waals surface area contributed by atoms with Gasteiger partial charge in [-0.2, -0.15) is 0 Å². The van der Waals surface area contributed by atoms with E-state index in [2.05, 4.69) is 18.9 Å². The van der Waals surface area contributed by atoms with E-state index in [4.69, 9.17) is 10.5 Å². The van der Waals surface area contributed by atoms with Crippen molar-refractivity contribution in [2.45, 2.75) is 51.2 Å². The van der Waals surface area contributed by atoms with Crippen LogP contribution in [0.1, 0.15) is 39.0 Å². The molecule has 0 saturated carbocycles. The minimum absolute atomic E-state index is 0.0800. The van der Waals surface area contributed by atoms with E-state index in [1.165, 1.54) is 0 Å². The fourth-order valence-electron chi connectivity index (χ4n) is 1.90. The molecule has 4 nitrogen and oxygen atoms in total. The Labute approximate surface area is 98.1 Å². The molecule has 1 saturated heterocycles. The van der Waals surface area contributed by atoms with Crippen molar-refractivity contribution < 1.29 is 9.53 Å².